The molecule has 1 aliphatic rings. The van der Waals surface area contributed by atoms with Crippen molar-refractivity contribution in [3.63, 3.8) is 0 Å². The average molecular weight is 590 g/mol. The zero-order valence-corrected chi connectivity index (χ0v) is 25.3. The Morgan fingerprint density at radius 3 is 2.51 bits per heavy atom. The minimum absolute atomic E-state index is 0.262. The van der Waals surface area contributed by atoms with E-state index in [9.17, 15) is 4.79 Å². The first-order chi connectivity index (χ1) is 19.6. The third-order valence-electron chi connectivity index (χ3n) is 7.06. The molecule has 1 saturated heterocycles. The quantitative estimate of drug-likeness (QED) is 0.179. The Labute approximate surface area is 248 Å². The summed E-state index contributed by atoms with van der Waals surface area (Å²) in [6, 6.07) is 16.2. The first-order valence-corrected chi connectivity index (χ1v) is 14.9. The molecule has 0 spiro atoms. The SMILES string of the molecule is CCOC(=O)C(OC(C)(C)C)c1c(C)cc2nc(-c3ccc4nn(C5COC5)cc4c3)sc2c1-c1ccc(Cl)cc1. The van der Waals surface area contributed by atoms with Crippen molar-refractivity contribution < 1.29 is 19.0 Å². The fraction of sp³-hybridized carbons (Fsp3) is 0.344. The summed E-state index contributed by atoms with van der Waals surface area (Å²) in [6.07, 6.45) is 1.17. The van der Waals surface area contributed by atoms with E-state index in [4.69, 9.17) is 35.9 Å². The molecule has 0 bridgehead atoms. The van der Waals surface area contributed by atoms with Crippen molar-refractivity contribution in [1.82, 2.24) is 14.8 Å². The van der Waals surface area contributed by atoms with Crippen LogP contribution in [0.15, 0.2) is 54.7 Å². The number of fused-ring (bicyclic) bond motifs is 2. The van der Waals surface area contributed by atoms with Crippen molar-refractivity contribution in [2.24, 2.45) is 0 Å². The summed E-state index contributed by atoms with van der Waals surface area (Å²) in [4.78, 5) is 18.4. The summed E-state index contributed by atoms with van der Waals surface area (Å²) in [7, 11) is 0. The lowest BCUT2D eigenvalue weighted by molar-refractivity contribution is -0.166. The maximum absolute atomic E-state index is 13.4. The molecule has 2 aromatic heterocycles. The topological polar surface area (TPSA) is 75.5 Å². The molecule has 212 valence electrons. The number of aromatic nitrogens is 3. The molecular formula is C32H32ClN3O4S. The van der Waals surface area contributed by atoms with Crippen LogP contribution in [0.25, 0.3) is 42.8 Å². The van der Waals surface area contributed by atoms with E-state index in [0.717, 1.165) is 53.9 Å². The first kappa shape index (κ1) is 27.8. The molecule has 0 saturated carbocycles. The van der Waals surface area contributed by atoms with Gasteiger partial charge in [-0.3, -0.25) is 4.68 Å². The maximum atomic E-state index is 13.4. The molecule has 9 heteroatoms. The molecule has 3 aromatic carbocycles. The zero-order valence-electron chi connectivity index (χ0n) is 23.7. The van der Waals surface area contributed by atoms with E-state index in [1.165, 1.54) is 0 Å². The molecule has 3 heterocycles. The Morgan fingerprint density at radius 1 is 1.12 bits per heavy atom. The maximum Gasteiger partial charge on any atom is 0.339 e. The van der Waals surface area contributed by atoms with E-state index in [2.05, 4.69) is 18.3 Å². The number of hydrogen-bond donors (Lipinski definition) is 0. The average Bonchev–Trinajstić information content (AvgIpc) is 3.49. The second kappa shape index (κ2) is 10.8. The van der Waals surface area contributed by atoms with E-state index in [1.807, 2.05) is 68.8 Å². The minimum atomic E-state index is -0.909. The van der Waals surface area contributed by atoms with Gasteiger partial charge in [-0.25, -0.2) is 9.78 Å². The molecule has 1 atom stereocenters. The third kappa shape index (κ3) is 5.49. The van der Waals surface area contributed by atoms with Gasteiger partial charge in [0.05, 0.1) is 47.2 Å². The lowest BCUT2D eigenvalue weighted by Gasteiger charge is -2.29. The van der Waals surface area contributed by atoms with Crippen molar-refractivity contribution >= 4 is 50.0 Å². The van der Waals surface area contributed by atoms with E-state index in [0.29, 0.717) is 24.3 Å². The summed E-state index contributed by atoms with van der Waals surface area (Å²) in [5.74, 6) is -0.413. The standard InChI is InChI=1S/C32H32ClN3O4S/c1-6-39-31(37)28(40-32(3,4)5)26-18(2)13-25-29(27(26)19-7-10-22(33)11-8-19)41-30(34-25)20-9-12-24-21(14-20)15-36(35-24)23-16-38-17-23/h7-15,23,28H,6,16-17H2,1-5H3. The van der Waals surface area contributed by atoms with Gasteiger partial charge in [0.1, 0.15) is 5.01 Å². The van der Waals surface area contributed by atoms with Crippen molar-refractivity contribution in [2.45, 2.75) is 52.4 Å². The Hall–Kier alpha value is -3.30. The van der Waals surface area contributed by atoms with Gasteiger partial charge in [-0.1, -0.05) is 23.7 Å². The van der Waals surface area contributed by atoms with Gasteiger partial charge >= 0.3 is 5.97 Å². The molecule has 1 aliphatic heterocycles. The molecule has 1 fully saturated rings. The number of benzene rings is 3. The van der Waals surface area contributed by atoms with Gasteiger partial charge in [-0.15, -0.1) is 11.3 Å². The summed E-state index contributed by atoms with van der Waals surface area (Å²) < 4.78 is 20.2. The summed E-state index contributed by atoms with van der Waals surface area (Å²) in [5.41, 5.74) is 5.75. The number of thiazole rings is 1. The number of nitrogens with zero attached hydrogens (tertiary/aromatic N) is 3. The molecule has 0 aliphatic carbocycles. The number of carbonyl (C=O) groups excluding carboxylic acids is 1. The van der Waals surface area contributed by atoms with E-state index in [1.54, 1.807) is 18.3 Å². The van der Waals surface area contributed by atoms with Crippen LogP contribution < -0.4 is 0 Å². The van der Waals surface area contributed by atoms with Crippen molar-refractivity contribution in [1.29, 1.82) is 0 Å². The van der Waals surface area contributed by atoms with Crippen LogP contribution in [0.5, 0.6) is 0 Å². The molecule has 0 N–H and O–H groups in total. The van der Waals surface area contributed by atoms with Crippen molar-refractivity contribution in [3.8, 4) is 21.7 Å². The Balaban J connectivity index is 1.54. The molecule has 5 aromatic rings. The van der Waals surface area contributed by atoms with E-state index < -0.39 is 17.7 Å². The number of halogens is 1. The monoisotopic (exact) mass is 589 g/mol. The highest BCUT2D eigenvalue weighted by Crippen LogP contribution is 2.45. The van der Waals surface area contributed by atoms with Gasteiger partial charge in [0.15, 0.2) is 6.10 Å². The lowest BCUT2D eigenvalue weighted by Crippen LogP contribution is -2.30. The van der Waals surface area contributed by atoms with Crippen molar-refractivity contribution in [3.05, 3.63) is 70.9 Å². The molecule has 1 unspecified atom stereocenters. The van der Waals surface area contributed by atoms with Gasteiger partial charge in [-0.05, 0) is 82.1 Å². The molecule has 41 heavy (non-hydrogen) atoms. The Morgan fingerprint density at radius 2 is 1.85 bits per heavy atom. The van der Waals surface area contributed by atoms with Crippen LogP contribution in [0.4, 0.5) is 0 Å². The molecule has 7 nitrogen and oxygen atoms in total. The van der Waals surface area contributed by atoms with Crippen molar-refractivity contribution in [2.75, 3.05) is 19.8 Å². The van der Waals surface area contributed by atoms with E-state index >= 15 is 0 Å². The van der Waals surface area contributed by atoms with Gasteiger partial charge in [0, 0.05) is 33.3 Å². The number of hydrogen-bond acceptors (Lipinski definition) is 7. The minimum Gasteiger partial charge on any atom is -0.464 e. The number of rotatable bonds is 7. The second-order valence-electron chi connectivity index (χ2n) is 11.3. The van der Waals surface area contributed by atoms with Gasteiger partial charge < -0.3 is 14.2 Å². The zero-order chi connectivity index (χ0) is 28.9. The predicted octanol–water partition coefficient (Wildman–Crippen LogP) is 7.93. The van der Waals surface area contributed by atoms with Gasteiger partial charge in [0.25, 0.3) is 0 Å². The Kier molecular flexibility index (Phi) is 7.36. The van der Waals surface area contributed by atoms with Crippen LogP contribution in [0.2, 0.25) is 5.02 Å². The smallest absolute Gasteiger partial charge is 0.339 e. The van der Waals surface area contributed by atoms with E-state index in [-0.39, 0.29) is 6.61 Å². The predicted molar refractivity (Wildman–Crippen MR) is 164 cm³/mol. The second-order valence-corrected chi connectivity index (χ2v) is 12.7. The summed E-state index contributed by atoms with van der Waals surface area (Å²) in [5, 5.41) is 7.31. The number of carbonyl (C=O) groups is 1. The number of ether oxygens (including phenoxy) is 3. The highest BCUT2D eigenvalue weighted by atomic mass is 35.5. The van der Waals surface area contributed by atoms with Crippen LogP contribution >= 0.6 is 22.9 Å². The summed E-state index contributed by atoms with van der Waals surface area (Å²) in [6.45, 7) is 11.3. The highest BCUT2D eigenvalue weighted by Gasteiger charge is 2.33. The molecule has 6 rings (SSSR count). The van der Waals surface area contributed by atoms with Gasteiger partial charge in [0.2, 0.25) is 0 Å². The fourth-order valence-corrected chi connectivity index (χ4v) is 6.36. The number of esters is 1. The van der Waals surface area contributed by atoms with Gasteiger partial charge in [-0.2, -0.15) is 5.10 Å². The molecule has 0 amide bonds. The molecule has 0 radical (unpaired) electrons. The largest absolute Gasteiger partial charge is 0.464 e. The number of aryl methyl sites for hydroxylation is 1. The first-order valence-electron chi connectivity index (χ1n) is 13.7. The van der Waals surface area contributed by atoms with Crippen LogP contribution in [0.3, 0.4) is 0 Å². The third-order valence-corrected chi connectivity index (χ3v) is 8.45. The fourth-order valence-electron chi connectivity index (χ4n) is 5.11. The lowest BCUT2D eigenvalue weighted by atomic mass is 9.91. The van der Waals surface area contributed by atoms with Crippen LogP contribution in [0.1, 0.15) is 51.0 Å². The Bertz CT molecular complexity index is 1750. The van der Waals surface area contributed by atoms with Crippen LogP contribution in [-0.4, -0.2) is 46.2 Å². The molecular weight excluding hydrogens is 558 g/mol. The van der Waals surface area contributed by atoms with Crippen LogP contribution in [0, 0.1) is 6.92 Å². The van der Waals surface area contributed by atoms with Crippen LogP contribution in [-0.2, 0) is 19.0 Å². The normalized spacial score (nSPS) is 14.9. The summed E-state index contributed by atoms with van der Waals surface area (Å²) >= 11 is 7.87. The highest BCUT2D eigenvalue weighted by molar-refractivity contribution is 7.22.